The number of alkyl halides is 33. The van der Waals surface area contributed by atoms with Gasteiger partial charge in [0, 0.05) is 5.57 Å². The minimum Gasteiger partial charge on any atom is -0.413 e. The molecule has 2 nitrogen and oxygen atoms in total. The molecule has 0 saturated carbocycles. The maximum atomic E-state index is 15.1. The molecular weight excluding hydrogens is 899 g/mol. The van der Waals surface area contributed by atoms with Crippen LogP contribution in [-0.4, -0.2) is 101 Å². The summed E-state index contributed by atoms with van der Waals surface area (Å²) in [6.07, 6.45) is -26.2. The van der Waals surface area contributed by atoms with Gasteiger partial charge in [-0.05, 0) is 6.92 Å². The van der Waals surface area contributed by atoms with Crippen molar-refractivity contribution in [3.8, 4) is 0 Å². The second-order valence-corrected chi connectivity index (χ2v) is 10.2. The molecule has 0 aliphatic heterocycles. The van der Waals surface area contributed by atoms with E-state index in [1.807, 2.05) is 6.58 Å². The Bertz CT molecular complexity index is 1440. The van der Waals surface area contributed by atoms with E-state index in [9.17, 15) is 145 Å². The van der Waals surface area contributed by atoms with E-state index < -0.39 is 114 Å². The van der Waals surface area contributed by atoms with Gasteiger partial charge in [-0.1, -0.05) is 6.58 Å². The van der Waals surface area contributed by atoms with Crippen LogP contribution in [-0.2, 0) is 9.53 Å². The van der Waals surface area contributed by atoms with Crippen molar-refractivity contribution in [1.82, 2.24) is 0 Å². The van der Waals surface area contributed by atoms with Crippen LogP contribution >= 0.6 is 0 Å². The third kappa shape index (κ3) is 6.13. The first kappa shape index (κ1) is 51.9. The average Bonchev–Trinajstić information content (AvgIpc) is 2.93. The Labute approximate surface area is 276 Å². The van der Waals surface area contributed by atoms with E-state index in [2.05, 4.69) is 0 Å². The van der Waals surface area contributed by atoms with E-state index in [1.54, 1.807) is 4.74 Å². The number of ether oxygens (including phenoxy) is 1. The van der Waals surface area contributed by atoms with Crippen LogP contribution in [0.2, 0.25) is 0 Å². The lowest BCUT2D eigenvalue weighted by molar-refractivity contribution is -0.500. The molecule has 0 N–H and O–H groups in total. The Balaban J connectivity index is 8.45. The van der Waals surface area contributed by atoms with Gasteiger partial charge in [0.05, 0.1) is 0 Å². The van der Waals surface area contributed by atoms with Crippen LogP contribution in [0.1, 0.15) is 6.92 Å². The van der Waals surface area contributed by atoms with Gasteiger partial charge in [0.25, 0.3) is 0 Å². The van der Waals surface area contributed by atoms with Crippen LogP contribution in [0.3, 0.4) is 0 Å². The molecule has 0 rings (SSSR count). The molecule has 0 amide bonds. The molecule has 0 radical (unpaired) electrons. The summed E-state index contributed by atoms with van der Waals surface area (Å²) in [5.41, 5.74) is -11.8. The zero-order chi connectivity index (χ0) is 45.9. The SMILES string of the molecule is C=C(C)C(=O)OC(F)(C(F)(F)C(F)(F)C(F)(F)C(F)(F)C(F)(F)C(F)(F)F)C(F)(F)C(F)(F)C(F)(F)C(F)(F)C(F)(F)C(F)(F)C(F)(C(F)(F)F)C(F)(F)F. The molecule has 35 heteroatoms. The summed E-state index contributed by atoms with van der Waals surface area (Å²) in [6, 6.07) is 0. The zero-order valence-corrected chi connectivity index (χ0v) is 24.0. The summed E-state index contributed by atoms with van der Waals surface area (Å²) in [6.45, 7) is 1.51. The normalized spacial score (nSPS) is 17.6. The summed E-state index contributed by atoms with van der Waals surface area (Å²) in [4.78, 5) is 11.3. The van der Waals surface area contributed by atoms with Crippen molar-refractivity contribution >= 4 is 5.97 Å². The number of carbonyl (C=O) groups excluding carboxylic acids is 1. The third-order valence-corrected chi connectivity index (χ3v) is 6.51. The molecule has 0 fully saturated rings. The summed E-state index contributed by atoms with van der Waals surface area (Å²) >= 11 is 0. The van der Waals surface area contributed by atoms with Gasteiger partial charge in [-0.15, -0.1) is 0 Å². The maximum absolute atomic E-state index is 15.1. The monoisotopic (exact) mass is 904 g/mol. The number of esters is 1. The van der Waals surface area contributed by atoms with Crippen LogP contribution in [0, 0.1) is 0 Å². The standard InChI is InChI=1S/C20H5F33O2/c1-3(2)4(54)55-17(44,15(40,41)12(34,35)10(30,31)13(36,37)16(42,43)20(51,52)53)14(38,39)11(32,33)9(28,29)8(26,27)7(24,25)6(22,23)5(21,18(45,46)47)19(48,49)50/h1H2,2H3. The Hall–Kier alpha value is -3.10. The number of hydrogen-bond donors (Lipinski definition) is 0. The molecule has 1 atom stereocenters. The average molecular weight is 904 g/mol. The van der Waals surface area contributed by atoms with E-state index >= 15 is 4.39 Å². The van der Waals surface area contributed by atoms with E-state index in [0.29, 0.717) is 0 Å². The van der Waals surface area contributed by atoms with Crippen molar-refractivity contribution in [2.75, 3.05) is 0 Å². The van der Waals surface area contributed by atoms with Gasteiger partial charge >= 0.3 is 101 Å². The van der Waals surface area contributed by atoms with E-state index in [4.69, 9.17) is 0 Å². The maximum Gasteiger partial charge on any atom is 0.460 e. The molecule has 0 aliphatic carbocycles. The smallest absolute Gasteiger partial charge is 0.413 e. The van der Waals surface area contributed by atoms with Gasteiger partial charge < -0.3 is 4.74 Å². The molecule has 0 bridgehead atoms. The van der Waals surface area contributed by atoms with Crippen molar-refractivity contribution in [3.05, 3.63) is 12.2 Å². The predicted octanol–water partition coefficient (Wildman–Crippen LogP) is 11.2. The lowest BCUT2D eigenvalue weighted by atomic mass is 9.81. The highest BCUT2D eigenvalue weighted by molar-refractivity contribution is 5.87. The van der Waals surface area contributed by atoms with Gasteiger partial charge in [-0.2, -0.15) is 140 Å². The van der Waals surface area contributed by atoms with Crippen molar-refractivity contribution in [3.63, 3.8) is 0 Å². The first-order valence-electron chi connectivity index (χ1n) is 11.7. The number of halogens is 33. The fourth-order valence-electron chi connectivity index (χ4n) is 3.24. The lowest BCUT2D eigenvalue weighted by Crippen LogP contribution is -2.81. The van der Waals surface area contributed by atoms with Crippen molar-refractivity contribution < 1.29 is 154 Å². The Morgan fingerprint density at radius 2 is 0.527 bits per heavy atom. The van der Waals surface area contributed by atoms with Crippen molar-refractivity contribution in [1.29, 1.82) is 0 Å². The summed E-state index contributed by atoms with van der Waals surface area (Å²) in [5, 5.41) is 0. The number of hydrogen-bond acceptors (Lipinski definition) is 2. The quantitative estimate of drug-likeness (QED) is 0.0986. The number of carbonyl (C=O) groups is 1. The molecule has 0 aromatic rings. The third-order valence-electron chi connectivity index (χ3n) is 6.51. The molecule has 0 saturated heterocycles. The van der Waals surface area contributed by atoms with E-state index in [1.165, 1.54) is 0 Å². The fourth-order valence-corrected chi connectivity index (χ4v) is 3.24. The van der Waals surface area contributed by atoms with Gasteiger partial charge in [0.15, 0.2) is 0 Å². The number of rotatable bonds is 14. The predicted molar refractivity (Wildman–Crippen MR) is 101 cm³/mol. The van der Waals surface area contributed by atoms with Crippen molar-refractivity contribution in [2.24, 2.45) is 0 Å². The van der Waals surface area contributed by atoms with Crippen LogP contribution in [0.25, 0.3) is 0 Å². The van der Waals surface area contributed by atoms with Gasteiger partial charge in [-0.25, -0.2) is 9.18 Å². The zero-order valence-electron chi connectivity index (χ0n) is 24.0. The van der Waals surface area contributed by atoms with Gasteiger partial charge in [0.1, 0.15) is 0 Å². The molecule has 0 spiro atoms. The molecule has 0 aromatic heterocycles. The molecule has 328 valence electrons. The lowest BCUT2D eigenvalue weighted by Gasteiger charge is -2.48. The summed E-state index contributed by atoms with van der Waals surface area (Å²) < 4.78 is 450. The first-order valence-corrected chi connectivity index (χ1v) is 11.7. The van der Waals surface area contributed by atoms with Crippen LogP contribution < -0.4 is 0 Å². The topological polar surface area (TPSA) is 26.3 Å². The highest BCUT2D eigenvalue weighted by Crippen LogP contribution is 2.70. The molecule has 0 aliphatic rings. The molecule has 55 heavy (non-hydrogen) atoms. The minimum absolute atomic E-state index is 0.405. The first-order chi connectivity index (χ1) is 23.1. The van der Waals surface area contributed by atoms with Crippen LogP contribution in [0.4, 0.5) is 145 Å². The second kappa shape index (κ2) is 12.7. The second-order valence-electron chi connectivity index (χ2n) is 10.2. The highest BCUT2D eigenvalue weighted by atomic mass is 19.4. The molecule has 0 aromatic carbocycles. The van der Waals surface area contributed by atoms with Gasteiger partial charge in [0.2, 0.25) is 0 Å². The molecule has 0 heterocycles. The van der Waals surface area contributed by atoms with E-state index in [0.717, 1.165) is 0 Å². The fraction of sp³-hybridized carbons (Fsp3) is 0.850. The Morgan fingerprint density at radius 1 is 0.327 bits per heavy atom. The largest absolute Gasteiger partial charge is 0.460 e. The molecule has 1 unspecified atom stereocenters. The highest BCUT2D eigenvalue weighted by Gasteiger charge is 3.03. The van der Waals surface area contributed by atoms with Crippen LogP contribution in [0.15, 0.2) is 12.2 Å². The summed E-state index contributed by atoms with van der Waals surface area (Å²) in [7, 11) is 0. The Kier molecular flexibility index (Phi) is 12.0. The minimum atomic E-state index is -10.2. The van der Waals surface area contributed by atoms with Crippen LogP contribution in [0.5, 0.6) is 0 Å². The Morgan fingerprint density at radius 3 is 0.727 bits per heavy atom. The van der Waals surface area contributed by atoms with E-state index in [-0.39, 0.29) is 0 Å². The summed E-state index contributed by atoms with van der Waals surface area (Å²) in [5.74, 6) is -122. The molecular formula is C20H5F33O2. The van der Waals surface area contributed by atoms with Gasteiger partial charge in [-0.3, -0.25) is 0 Å². The van der Waals surface area contributed by atoms with Crippen molar-refractivity contribution in [2.45, 2.75) is 102 Å².